The van der Waals surface area contributed by atoms with Gasteiger partial charge in [-0.2, -0.15) is 5.10 Å². The average Bonchev–Trinajstić information content (AvgIpc) is 3.40. The molecule has 4 heterocycles. The maximum absolute atomic E-state index is 12.9. The van der Waals surface area contributed by atoms with Crippen LogP contribution < -0.4 is 0 Å². The molecule has 140 valence electrons. The lowest BCUT2D eigenvalue weighted by Crippen LogP contribution is -2.37. The fourth-order valence-electron chi connectivity index (χ4n) is 3.34. The second kappa shape index (κ2) is 7.14. The molecule has 8 nitrogen and oxygen atoms in total. The van der Waals surface area contributed by atoms with Crippen molar-refractivity contribution in [2.45, 2.75) is 6.42 Å². The maximum atomic E-state index is 12.9. The lowest BCUT2D eigenvalue weighted by Gasteiger charge is -2.21. The van der Waals surface area contributed by atoms with Gasteiger partial charge in [0.25, 0.3) is 11.8 Å². The summed E-state index contributed by atoms with van der Waals surface area (Å²) in [5.74, 6) is 0.0904. The van der Waals surface area contributed by atoms with Gasteiger partial charge in [0.2, 0.25) is 0 Å². The SMILES string of the molecule is Cn1cccc1-c1cc(C(=O)N2CCCN(C(=O)c3ccco3)CC2)[nH]n1. The minimum absolute atomic E-state index is 0.102. The van der Waals surface area contributed by atoms with Crippen molar-refractivity contribution < 1.29 is 14.0 Å². The number of nitrogens with zero attached hydrogens (tertiary/aromatic N) is 4. The van der Waals surface area contributed by atoms with Crippen molar-refractivity contribution >= 4 is 11.8 Å². The number of nitrogens with one attached hydrogen (secondary N) is 1. The first-order valence-electron chi connectivity index (χ1n) is 8.92. The van der Waals surface area contributed by atoms with Gasteiger partial charge in [0.15, 0.2) is 5.76 Å². The summed E-state index contributed by atoms with van der Waals surface area (Å²) in [6.45, 7) is 2.15. The predicted octanol–water partition coefficient (Wildman–Crippen LogP) is 2.00. The van der Waals surface area contributed by atoms with Crippen molar-refractivity contribution in [1.29, 1.82) is 0 Å². The van der Waals surface area contributed by atoms with E-state index in [1.54, 1.807) is 28.0 Å². The number of carbonyl (C=O) groups is 2. The lowest BCUT2D eigenvalue weighted by molar-refractivity contribution is 0.0698. The topological polar surface area (TPSA) is 87.4 Å². The van der Waals surface area contributed by atoms with Crippen LogP contribution in [0.4, 0.5) is 0 Å². The fourth-order valence-corrected chi connectivity index (χ4v) is 3.34. The molecule has 1 aliphatic heterocycles. The minimum Gasteiger partial charge on any atom is -0.459 e. The first-order chi connectivity index (χ1) is 13.1. The molecule has 1 aliphatic rings. The number of aromatic amines is 1. The van der Waals surface area contributed by atoms with E-state index in [2.05, 4.69) is 10.2 Å². The third-order valence-electron chi connectivity index (χ3n) is 4.82. The van der Waals surface area contributed by atoms with Gasteiger partial charge in [-0.3, -0.25) is 14.7 Å². The van der Waals surface area contributed by atoms with Crippen molar-refractivity contribution in [1.82, 2.24) is 24.6 Å². The molecule has 1 N–H and O–H groups in total. The van der Waals surface area contributed by atoms with Crippen LogP contribution in [0.3, 0.4) is 0 Å². The number of hydrogen-bond donors (Lipinski definition) is 1. The molecule has 4 rings (SSSR count). The molecule has 0 spiro atoms. The van der Waals surface area contributed by atoms with Crippen molar-refractivity contribution in [2.75, 3.05) is 26.2 Å². The number of amides is 2. The van der Waals surface area contributed by atoms with Crippen molar-refractivity contribution in [3.63, 3.8) is 0 Å². The fraction of sp³-hybridized carbons (Fsp3) is 0.316. The summed E-state index contributed by atoms with van der Waals surface area (Å²) in [6, 6.07) is 9.02. The lowest BCUT2D eigenvalue weighted by atomic mass is 10.2. The largest absolute Gasteiger partial charge is 0.459 e. The van der Waals surface area contributed by atoms with Crippen molar-refractivity contribution in [3.8, 4) is 11.4 Å². The first-order valence-corrected chi connectivity index (χ1v) is 8.92. The Morgan fingerprint density at radius 2 is 1.85 bits per heavy atom. The van der Waals surface area contributed by atoms with E-state index in [9.17, 15) is 9.59 Å². The van der Waals surface area contributed by atoms with Crippen LogP contribution >= 0.6 is 0 Å². The second-order valence-corrected chi connectivity index (χ2v) is 6.59. The monoisotopic (exact) mass is 367 g/mol. The highest BCUT2D eigenvalue weighted by atomic mass is 16.3. The van der Waals surface area contributed by atoms with Gasteiger partial charge in [-0.05, 0) is 36.8 Å². The molecule has 0 aromatic carbocycles. The summed E-state index contributed by atoms with van der Waals surface area (Å²) in [7, 11) is 1.94. The van der Waals surface area contributed by atoms with Crippen LogP contribution in [0.25, 0.3) is 11.4 Å². The molecular formula is C19H21N5O3. The number of H-pyrrole nitrogens is 1. The molecule has 0 saturated carbocycles. The van der Waals surface area contributed by atoms with Crippen LogP contribution in [0, 0.1) is 0 Å². The molecule has 27 heavy (non-hydrogen) atoms. The smallest absolute Gasteiger partial charge is 0.289 e. The summed E-state index contributed by atoms with van der Waals surface area (Å²) < 4.78 is 7.15. The summed E-state index contributed by atoms with van der Waals surface area (Å²) in [5, 5.41) is 7.11. The van der Waals surface area contributed by atoms with E-state index in [0.717, 1.165) is 17.8 Å². The molecule has 2 amide bonds. The predicted molar refractivity (Wildman–Crippen MR) is 98.1 cm³/mol. The summed E-state index contributed by atoms with van der Waals surface area (Å²) in [6.07, 6.45) is 4.14. The van der Waals surface area contributed by atoms with Gasteiger partial charge < -0.3 is 18.8 Å². The van der Waals surface area contributed by atoms with Crippen LogP contribution in [-0.4, -0.2) is 62.6 Å². The normalized spacial score (nSPS) is 15.0. The average molecular weight is 367 g/mol. The van der Waals surface area contributed by atoms with Crippen molar-refractivity contribution in [3.05, 3.63) is 54.2 Å². The number of hydrogen-bond acceptors (Lipinski definition) is 4. The number of aromatic nitrogens is 3. The Kier molecular flexibility index (Phi) is 4.53. The highest BCUT2D eigenvalue weighted by Gasteiger charge is 2.25. The van der Waals surface area contributed by atoms with Gasteiger partial charge >= 0.3 is 0 Å². The number of carbonyl (C=O) groups excluding carboxylic acids is 2. The van der Waals surface area contributed by atoms with E-state index in [0.29, 0.717) is 37.6 Å². The van der Waals surface area contributed by atoms with E-state index in [4.69, 9.17) is 4.42 Å². The Balaban J connectivity index is 1.43. The Labute approximate surface area is 156 Å². The second-order valence-electron chi connectivity index (χ2n) is 6.59. The Hall–Kier alpha value is -3.29. The minimum atomic E-state index is -0.137. The van der Waals surface area contributed by atoms with E-state index in [1.165, 1.54) is 6.26 Å². The van der Waals surface area contributed by atoms with Gasteiger partial charge in [0.05, 0.1) is 12.0 Å². The number of rotatable bonds is 3. The molecule has 0 bridgehead atoms. The number of aryl methyl sites for hydroxylation is 1. The highest BCUT2D eigenvalue weighted by molar-refractivity contribution is 5.94. The van der Waals surface area contributed by atoms with Gasteiger partial charge in [0.1, 0.15) is 11.4 Å². The van der Waals surface area contributed by atoms with E-state index in [1.807, 2.05) is 29.9 Å². The van der Waals surface area contributed by atoms with Gasteiger partial charge in [-0.1, -0.05) is 0 Å². The zero-order valence-electron chi connectivity index (χ0n) is 15.1. The standard InChI is InChI=1S/C19H21N5O3/c1-22-7-2-5-16(22)14-13-15(21-20-14)18(25)23-8-4-9-24(11-10-23)19(26)17-6-3-12-27-17/h2-3,5-7,12-13H,4,8-11H2,1H3,(H,20,21). The quantitative estimate of drug-likeness (QED) is 0.767. The third-order valence-corrected chi connectivity index (χ3v) is 4.82. The molecule has 1 fully saturated rings. The Morgan fingerprint density at radius 3 is 2.52 bits per heavy atom. The molecule has 3 aromatic rings. The Morgan fingerprint density at radius 1 is 1.07 bits per heavy atom. The molecule has 0 atom stereocenters. The summed E-state index contributed by atoms with van der Waals surface area (Å²) >= 11 is 0. The Bertz CT molecular complexity index is 940. The van der Waals surface area contributed by atoms with Gasteiger partial charge in [-0.15, -0.1) is 0 Å². The van der Waals surface area contributed by atoms with Crippen LogP contribution in [-0.2, 0) is 7.05 Å². The van der Waals surface area contributed by atoms with Crippen LogP contribution in [0.15, 0.2) is 47.2 Å². The third kappa shape index (κ3) is 3.38. The number of furan rings is 1. The first kappa shape index (κ1) is 17.1. The van der Waals surface area contributed by atoms with E-state index in [-0.39, 0.29) is 11.8 Å². The molecule has 0 aliphatic carbocycles. The molecule has 3 aromatic heterocycles. The summed E-state index contributed by atoms with van der Waals surface area (Å²) in [5.41, 5.74) is 2.13. The van der Waals surface area contributed by atoms with Crippen LogP contribution in [0.1, 0.15) is 27.5 Å². The molecule has 1 saturated heterocycles. The van der Waals surface area contributed by atoms with E-state index < -0.39 is 0 Å². The molecule has 0 radical (unpaired) electrons. The van der Waals surface area contributed by atoms with Crippen LogP contribution in [0.2, 0.25) is 0 Å². The zero-order chi connectivity index (χ0) is 18.8. The van der Waals surface area contributed by atoms with Gasteiger partial charge in [-0.25, -0.2) is 0 Å². The van der Waals surface area contributed by atoms with E-state index >= 15 is 0 Å². The van der Waals surface area contributed by atoms with Crippen molar-refractivity contribution in [2.24, 2.45) is 7.05 Å². The zero-order valence-corrected chi connectivity index (χ0v) is 15.1. The van der Waals surface area contributed by atoms with Gasteiger partial charge in [0, 0.05) is 39.4 Å². The molecular weight excluding hydrogens is 346 g/mol. The summed E-state index contributed by atoms with van der Waals surface area (Å²) in [4.78, 5) is 28.8. The molecule has 8 heteroatoms. The maximum Gasteiger partial charge on any atom is 0.289 e. The molecule has 0 unspecified atom stereocenters. The van der Waals surface area contributed by atoms with Crippen LogP contribution in [0.5, 0.6) is 0 Å². The highest BCUT2D eigenvalue weighted by Crippen LogP contribution is 2.19.